The highest BCUT2D eigenvalue weighted by atomic mass is 32.2. The van der Waals surface area contributed by atoms with E-state index in [9.17, 15) is 4.79 Å². The molecule has 0 amide bonds. The number of dihydropyridines is 1. The molecule has 140 valence electrons. The predicted octanol–water partition coefficient (Wildman–Crippen LogP) is 3.14. The third-order valence-corrected chi connectivity index (χ3v) is 5.03. The lowest BCUT2D eigenvalue weighted by atomic mass is 10.1. The minimum Gasteiger partial charge on any atom is -0.377 e. The molecule has 0 saturated carbocycles. The van der Waals surface area contributed by atoms with Gasteiger partial charge in [-0.3, -0.25) is 4.79 Å². The molecule has 0 aromatic rings. The topological polar surface area (TPSA) is 69.1 Å². The first-order chi connectivity index (χ1) is 12.7. The fraction of sp³-hybridized carbons (Fsp3) is 0.421. The van der Waals surface area contributed by atoms with Gasteiger partial charge in [0, 0.05) is 31.6 Å². The number of hydrogen-bond acceptors (Lipinski definition) is 6. The van der Waals surface area contributed by atoms with Crippen molar-refractivity contribution >= 4 is 30.6 Å². The van der Waals surface area contributed by atoms with Crippen LogP contribution in [-0.4, -0.2) is 43.2 Å². The number of aldehydes is 1. The highest BCUT2D eigenvalue weighted by Gasteiger charge is 2.33. The maximum absolute atomic E-state index is 11.5. The first-order valence-electron chi connectivity index (χ1n) is 8.93. The zero-order valence-corrected chi connectivity index (χ0v) is 16.6. The molecule has 0 radical (unpaired) electrons. The fourth-order valence-corrected chi connectivity index (χ4v) is 3.82. The first kappa shape index (κ1) is 20.0. The van der Waals surface area contributed by atoms with E-state index in [4.69, 9.17) is 0 Å². The average molecular weight is 374 g/mol. The van der Waals surface area contributed by atoms with Gasteiger partial charge in [0.25, 0.3) is 0 Å². The van der Waals surface area contributed by atoms with Gasteiger partial charge in [0.15, 0.2) is 6.29 Å². The molecule has 0 spiro atoms. The number of aliphatic imine (C=N–C) groups is 2. The fourth-order valence-electron chi connectivity index (χ4n) is 2.72. The Labute approximate surface area is 159 Å². The van der Waals surface area contributed by atoms with E-state index >= 15 is 0 Å². The number of rotatable bonds is 5. The number of hydrogen-bond donors (Lipinski definition) is 2. The van der Waals surface area contributed by atoms with Crippen LogP contribution < -0.4 is 10.6 Å². The van der Waals surface area contributed by atoms with Crippen molar-refractivity contribution in [2.24, 2.45) is 9.98 Å². The summed E-state index contributed by atoms with van der Waals surface area (Å²) in [6.07, 6.45) is 13.4. The molecule has 26 heavy (non-hydrogen) atoms. The normalized spacial score (nSPS) is 21.5. The van der Waals surface area contributed by atoms with Crippen LogP contribution >= 0.6 is 11.8 Å². The van der Waals surface area contributed by atoms with Crippen LogP contribution in [0, 0.1) is 0 Å². The summed E-state index contributed by atoms with van der Waals surface area (Å²) in [5.41, 5.74) is 2.95. The third kappa shape index (κ3) is 4.66. The molecule has 0 saturated heterocycles. The van der Waals surface area contributed by atoms with Gasteiger partial charge in [-0.1, -0.05) is 25.6 Å². The number of nitrogens with one attached hydrogen (secondary N) is 2. The summed E-state index contributed by atoms with van der Waals surface area (Å²) in [7, 11) is 3.99. The summed E-state index contributed by atoms with van der Waals surface area (Å²) in [6, 6.07) is 0. The van der Waals surface area contributed by atoms with Gasteiger partial charge in [-0.2, -0.15) is 0 Å². The number of likely N-dealkylation sites (N-methyl/N-ethyl adjacent to an activating group) is 1. The molecule has 7 heteroatoms. The largest absolute Gasteiger partial charge is 0.377 e. The number of carbonyl (C=O) groups is 1. The minimum absolute atomic E-state index is 0.0404. The zero-order valence-electron chi connectivity index (χ0n) is 15.8. The van der Waals surface area contributed by atoms with E-state index in [1.54, 1.807) is 6.34 Å². The van der Waals surface area contributed by atoms with Gasteiger partial charge in [-0.15, -0.1) is 0 Å². The van der Waals surface area contributed by atoms with Crippen molar-refractivity contribution in [1.82, 2.24) is 15.5 Å². The van der Waals surface area contributed by atoms with Crippen LogP contribution in [0.5, 0.6) is 0 Å². The summed E-state index contributed by atoms with van der Waals surface area (Å²) in [4.78, 5) is 22.9. The van der Waals surface area contributed by atoms with Crippen molar-refractivity contribution in [3.63, 3.8) is 0 Å². The first-order valence-corrected chi connectivity index (χ1v) is 9.81. The Morgan fingerprint density at radius 3 is 2.92 bits per heavy atom. The molecule has 0 aliphatic carbocycles. The van der Waals surface area contributed by atoms with Crippen LogP contribution in [-0.2, 0) is 4.79 Å². The highest BCUT2D eigenvalue weighted by molar-refractivity contribution is 8.05. The second-order valence-corrected chi connectivity index (χ2v) is 6.90. The predicted molar refractivity (Wildman–Crippen MR) is 111 cm³/mol. The summed E-state index contributed by atoms with van der Waals surface area (Å²) >= 11 is 1.51. The van der Waals surface area contributed by atoms with E-state index in [-0.39, 0.29) is 5.37 Å². The van der Waals surface area contributed by atoms with Crippen molar-refractivity contribution in [2.45, 2.75) is 38.5 Å². The van der Waals surface area contributed by atoms with E-state index in [0.717, 1.165) is 42.5 Å². The standard InChI is InChI=1S/C17H21N5OS.C2H6/c1-22(2)12-7-9-19-17-15(12)16(13(10-23)24-17)21-11-20-14-6-4-3-5-8-18-14;1-2/h6-11,17,19H,3-5H2,1-2H3,(H,20,21);1-2H3. The molecule has 1 atom stereocenters. The lowest BCUT2D eigenvalue weighted by Gasteiger charge is -2.26. The van der Waals surface area contributed by atoms with Crippen molar-refractivity contribution in [3.05, 3.63) is 46.0 Å². The second-order valence-electron chi connectivity index (χ2n) is 5.76. The van der Waals surface area contributed by atoms with E-state index in [1.165, 1.54) is 11.8 Å². The third-order valence-electron chi connectivity index (χ3n) is 3.87. The Morgan fingerprint density at radius 1 is 1.38 bits per heavy atom. The Morgan fingerprint density at radius 2 is 2.19 bits per heavy atom. The molecule has 0 aromatic heterocycles. The number of carbonyl (C=O) groups excluding carboxylic acids is 1. The second kappa shape index (κ2) is 10.0. The quantitative estimate of drug-likeness (QED) is 0.440. The van der Waals surface area contributed by atoms with E-state index in [2.05, 4.69) is 20.6 Å². The van der Waals surface area contributed by atoms with E-state index < -0.39 is 0 Å². The maximum atomic E-state index is 11.5. The Kier molecular flexibility index (Phi) is 7.72. The SMILES string of the molecule is CC.CN(C)C1=C2C(N/C=N/C3=CCCCC=N3)=C(C=O)SC2NC=C1. The van der Waals surface area contributed by atoms with Gasteiger partial charge in [-0.25, -0.2) is 9.98 Å². The van der Waals surface area contributed by atoms with Crippen LogP contribution in [0.15, 0.2) is 56.0 Å². The van der Waals surface area contributed by atoms with Gasteiger partial charge in [0.1, 0.15) is 11.2 Å². The van der Waals surface area contributed by atoms with Crippen LogP contribution in [0.2, 0.25) is 0 Å². The number of allylic oxidation sites excluding steroid dienone is 3. The monoisotopic (exact) mass is 373 g/mol. The van der Waals surface area contributed by atoms with Gasteiger partial charge in [-0.05, 0) is 37.6 Å². The van der Waals surface area contributed by atoms with Crippen LogP contribution in [0.3, 0.4) is 0 Å². The molecule has 0 fully saturated rings. The van der Waals surface area contributed by atoms with Crippen LogP contribution in [0.25, 0.3) is 0 Å². The molecular weight excluding hydrogens is 346 g/mol. The van der Waals surface area contributed by atoms with Crippen molar-refractivity contribution in [3.8, 4) is 0 Å². The molecule has 3 aliphatic rings. The van der Waals surface area contributed by atoms with Crippen molar-refractivity contribution in [1.29, 1.82) is 0 Å². The molecule has 6 nitrogen and oxygen atoms in total. The Hall–Kier alpha value is -2.28. The van der Waals surface area contributed by atoms with E-state index in [0.29, 0.717) is 10.7 Å². The lowest BCUT2D eigenvalue weighted by molar-refractivity contribution is -0.104. The van der Waals surface area contributed by atoms with Crippen molar-refractivity contribution < 1.29 is 4.79 Å². The van der Waals surface area contributed by atoms with Gasteiger partial charge in [0.2, 0.25) is 0 Å². The molecule has 3 aliphatic heterocycles. The summed E-state index contributed by atoms with van der Waals surface area (Å²) in [5.74, 6) is 0.707. The summed E-state index contributed by atoms with van der Waals surface area (Å²) in [6.45, 7) is 4.00. The molecule has 3 heterocycles. The molecule has 0 aromatic carbocycles. The number of fused-ring (bicyclic) bond motifs is 1. The van der Waals surface area contributed by atoms with Gasteiger partial charge in [0.05, 0.1) is 16.9 Å². The molecular formula is C19H27N5OS. The molecule has 2 N–H and O–H groups in total. The number of nitrogens with zero attached hydrogens (tertiary/aromatic N) is 3. The average Bonchev–Trinajstić information content (AvgIpc) is 2.83. The minimum atomic E-state index is 0.0404. The van der Waals surface area contributed by atoms with Crippen LogP contribution in [0.1, 0.15) is 33.1 Å². The maximum Gasteiger partial charge on any atom is 0.158 e. The number of thioether (sulfide) groups is 1. The molecule has 0 bridgehead atoms. The Bertz CT molecular complexity index is 701. The van der Waals surface area contributed by atoms with E-state index in [1.807, 2.05) is 57.4 Å². The van der Waals surface area contributed by atoms with Gasteiger partial charge < -0.3 is 15.5 Å². The van der Waals surface area contributed by atoms with Crippen molar-refractivity contribution in [2.75, 3.05) is 14.1 Å². The summed E-state index contributed by atoms with van der Waals surface area (Å²) < 4.78 is 0. The Balaban J connectivity index is 0.00000117. The molecule has 3 rings (SSSR count). The zero-order chi connectivity index (χ0) is 18.9. The van der Waals surface area contributed by atoms with Gasteiger partial charge >= 0.3 is 0 Å². The lowest BCUT2D eigenvalue weighted by Crippen LogP contribution is -2.31. The summed E-state index contributed by atoms with van der Waals surface area (Å²) in [5, 5.41) is 6.52. The highest BCUT2D eigenvalue weighted by Crippen LogP contribution is 2.41. The smallest absolute Gasteiger partial charge is 0.158 e. The molecule has 1 unspecified atom stereocenters. The van der Waals surface area contributed by atoms with Crippen LogP contribution in [0.4, 0.5) is 0 Å².